The lowest BCUT2D eigenvalue weighted by Crippen LogP contribution is -2.36. The average Bonchev–Trinajstić information content (AvgIpc) is 2.60. The molecule has 1 aromatic rings. The summed E-state index contributed by atoms with van der Waals surface area (Å²) in [4.78, 5) is 21.4. The number of rotatable bonds is 0. The van der Waals surface area contributed by atoms with Gasteiger partial charge in [-0.25, -0.2) is 14.8 Å². The average molecular weight is 256 g/mol. The van der Waals surface area contributed by atoms with Crippen molar-refractivity contribution >= 4 is 23.5 Å². The van der Waals surface area contributed by atoms with E-state index in [-0.39, 0.29) is 0 Å². The molecule has 2 heterocycles. The number of carbonyl (C=O) groups excluding carboxylic acids is 1. The number of aromatic nitrogens is 2. The summed E-state index contributed by atoms with van der Waals surface area (Å²) in [6, 6.07) is 0. The molecule has 0 unspecified atom stereocenters. The van der Waals surface area contributed by atoms with Gasteiger partial charge in [0.1, 0.15) is 22.9 Å². The van der Waals surface area contributed by atoms with Crippen molar-refractivity contribution in [2.45, 2.75) is 32.8 Å². The first kappa shape index (κ1) is 12.1. The molecule has 1 aliphatic rings. The van der Waals surface area contributed by atoms with E-state index in [4.69, 9.17) is 16.3 Å². The standard InChI is InChI=1S/C11H14ClN3O2/c1-11(2,3)17-10(16)15-5-4-7-8(12)13-6-14-9(7)15/h6H,4-5H2,1-3H3. The molecule has 0 fully saturated rings. The fraction of sp³-hybridized carbons (Fsp3) is 0.545. The molecule has 92 valence electrons. The molecule has 2 rings (SSSR count). The Labute approximate surface area is 105 Å². The minimum absolute atomic E-state index is 0.397. The summed E-state index contributed by atoms with van der Waals surface area (Å²) in [5.74, 6) is 0.555. The Hall–Kier alpha value is -1.36. The van der Waals surface area contributed by atoms with Crippen LogP contribution in [0.3, 0.4) is 0 Å². The largest absolute Gasteiger partial charge is 0.443 e. The predicted octanol–water partition coefficient (Wildman–Crippen LogP) is 2.43. The van der Waals surface area contributed by atoms with E-state index in [9.17, 15) is 4.79 Å². The summed E-state index contributed by atoms with van der Waals surface area (Å²) < 4.78 is 5.30. The maximum absolute atomic E-state index is 11.9. The van der Waals surface area contributed by atoms with Gasteiger partial charge in [0.2, 0.25) is 0 Å². The number of nitrogens with zero attached hydrogens (tertiary/aromatic N) is 3. The number of carbonyl (C=O) groups is 1. The molecular weight excluding hydrogens is 242 g/mol. The van der Waals surface area contributed by atoms with Crippen molar-refractivity contribution in [1.82, 2.24) is 9.97 Å². The third-order valence-corrected chi connectivity index (χ3v) is 2.65. The maximum atomic E-state index is 11.9. The van der Waals surface area contributed by atoms with Crippen LogP contribution < -0.4 is 4.90 Å². The molecule has 0 aliphatic carbocycles. The van der Waals surface area contributed by atoms with E-state index in [2.05, 4.69) is 9.97 Å². The van der Waals surface area contributed by atoms with Crippen LogP contribution in [-0.2, 0) is 11.2 Å². The van der Waals surface area contributed by atoms with Crippen LogP contribution in [0.5, 0.6) is 0 Å². The van der Waals surface area contributed by atoms with Crippen LogP contribution in [0.25, 0.3) is 0 Å². The van der Waals surface area contributed by atoms with E-state index in [1.807, 2.05) is 20.8 Å². The lowest BCUT2D eigenvalue weighted by Gasteiger charge is -2.24. The molecule has 5 nitrogen and oxygen atoms in total. The zero-order valence-electron chi connectivity index (χ0n) is 10.0. The first-order valence-corrected chi connectivity index (χ1v) is 5.76. The third kappa shape index (κ3) is 2.49. The number of hydrogen-bond acceptors (Lipinski definition) is 4. The minimum atomic E-state index is -0.517. The lowest BCUT2D eigenvalue weighted by atomic mass is 10.2. The molecule has 6 heteroatoms. The molecule has 17 heavy (non-hydrogen) atoms. The zero-order chi connectivity index (χ0) is 12.6. The van der Waals surface area contributed by atoms with Crippen LogP contribution in [0.2, 0.25) is 5.15 Å². The number of anilines is 1. The lowest BCUT2D eigenvalue weighted by molar-refractivity contribution is 0.0583. The third-order valence-electron chi connectivity index (χ3n) is 2.32. The second kappa shape index (κ2) is 4.14. The summed E-state index contributed by atoms with van der Waals surface area (Å²) in [6.45, 7) is 6.02. The van der Waals surface area contributed by atoms with Gasteiger partial charge in [-0.15, -0.1) is 0 Å². The Morgan fingerprint density at radius 3 is 2.82 bits per heavy atom. The quantitative estimate of drug-likeness (QED) is 0.668. The highest BCUT2D eigenvalue weighted by Gasteiger charge is 2.31. The Morgan fingerprint density at radius 1 is 1.47 bits per heavy atom. The number of halogens is 1. The van der Waals surface area contributed by atoms with Gasteiger partial charge in [-0.1, -0.05) is 11.6 Å². The highest BCUT2D eigenvalue weighted by Crippen LogP contribution is 2.30. The van der Waals surface area contributed by atoms with Crippen LogP contribution >= 0.6 is 11.6 Å². The Kier molecular flexibility index (Phi) is 2.95. The predicted molar refractivity (Wildman–Crippen MR) is 64.3 cm³/mol. The number of ether oxygens (including phenoxy) is 1. The van der Waals surface area contributed by atoms with Gasteiger partial charge in [-0.3, -0.25) is 4.90 Å². The van der Waals surface area contributed by atoms with Gasteiger partial charge < -0.3 is 4.74 Å². The van der Waals surface area contributed by atoms with Gasteiger partial charge in [-0.2, -0.15) is 0 Å². The normalized spacial score (nSPS) is 14.7. The van der Waals surface area contributed by atoms with Gasteiger partial charge in [0.15, 0.2) is 0 Å². The highest BCUT2D eigenvalue weighted by molar-refractivity contribution is 6.30. The summed E-state index contributed by atoms with van der Waals surface area (Å²) in [5, 5.41) is 0.404. The Balaban J connectivity index is 2.23. The van der Waals surface area contributed by atoms with Crippen molar-refractivity contribution in [3.8, 4) is 0 Å². The van der Waals surface area contributed by atoms with Crippen molar-refractivity contribution in [2.75, 3.05) is 11.4 Å². The summed E-state index contributed by atoms with van der Waals surface area (Å²) in [5.41, 5.74) is 0.288. The van der Waals surface area contributed by atoms with Gasteiger partial charge in [0.25, 0.3) is 0 Å². The molecule has 0 saturated carbocycles. The number of hydrogen-bond donors (Lipinski definition) is 0. The van der Waals surface area contributed by atoms with Crippen molar-refractivity contribution in [3.05, 3.63) is 17.0 Å². The summed E-state index contributed by atoms with van der Waals surface area (Å²) in [6.07, 6.45) is 1.61. The number of fused-ring (bicyclic) bond motifs is 1. The summed E-state index contributed by atoms with van der Waals surface area (Å²) in [7, 11) is 0. The van der Waals surface area contributed by atoms with Crippen LogP contribution in [-0.4, -0.2) is 28.2 Å². The van der Waals surface area contributed by atoms with Crippen LogP contribution in [0.1, 0.15) is 26.3 Å². The Morgan fingerprint density at radius 2 is 2.18 bits per heavy atom. The highest BCUT2D eigenvalue weighted by atomic mass is 35.5. The van der Waals surface area contributed by atoms with E-state index in [1.165, 1.54) is 11.2 Å². The van der Waals surface area contributed by atoms with Gasteiger partial charge in [-0.05, 0) is 27.2 Å². The smallest absolute Gasteiger partial charge is 0.416 e. The van der Waals surface area contributed by atoms with Crippen LogP contribution in [0.15, 0.2) is 6.33 Å². The number of amides is 1. The Bertz CT molecular complexity index is 457. The molecule has 1 aromatic heterocycles. The van der Waals surface area contributed by atoms with E-state index in [1.54, 1.807) is 0 Å². The molecule has 0 radical (unpaired) electrons. The van der Waals surface area contributed by atoms with Crippen molar-refractivity contribution in [2.24, 2.45) is 0 Å². The second-order valence-corrected chi connectivity index (χ2v) is 5.21. The molecule has 1 aliphatic heterocycles. The van der Waals surface area contributed by atoms with E-state index in [0.29, 0.717) is 23.9 Å². The molecule has 0 spiro atoms. The minimum Gasteiger partial charge on any atom is -0.443 e. The van der Waals surface area contributed by atoms with E-state index >= 15 is 0 Å². The van der Waals surface area contributed by atoms with Crippen molar-refractivity contribution in [1.29, 1.82) is 0 Å². The van der Waals surface area contributed by atoms with Crippen LogP contribution in [0.4, 0.5) is 10.6 Å². The molecule has 0 bridgehead atoms. The molecular formula is C11H14ClN3O2. The van der Waals surface area contributed by atoms with Crippen molar-refractivity contribution in [3.63, 3.8) is 0 Å². The molecule has 1 amide bonds. The fourth-order valence-electron chi connectivity index (χ4n) is 1.65. The molecule has 0 aromatic carbocycles. The first-order valence-electron chi connectivity index (χ1n) is 5.38. The zero-order valence-corrected chi connectivity index (χ0v) is 10.8. The van der Waals surface area contributed by atoms with Crippen molar-refractivity contribution < 1.29 is 9.53 Å². The van der Waals surface area contributed by atoms with Gasteiger partial charge >= 0.3 is 6.09 Å². The van der Waals surface area contributed by atoms with E-state index in [0.717, 1.165) is 5.56 Å². The van der Waals surface area contributed by atoms with Gasteiger partial charge in [0, 0.05) is 12.1 Å². The molecule has 0 N–H and O–H groups in total. The van der Waals surface area contributed by atoms with Gasteiger partial charge in [0.05, 0.1) is 0 Å². The van der Waals surface area contributed by atoms with Crippen LogP contribution in [0, 0.1) is 0 Å². The topological polar surface area (TPSA) is 55.3 Å². The molecule has 0 atom stereocenters. The van der Waals surface area contributed by atoms with E-state index < -0.39 is 11.7 Å². The summed E-state index contributed by atoms with van der Waals surface area (Å²) >= 11 is 5.94. The second-order valence-electron chi connectivity index (χ2n) is 4.85. The monoisotopic (exact) mass is 255 g/mol. The maximum Gasteiger partial charge on any atom is 0.416 e. The SMILES string of the molecule is CC(C)(C)OC(=O)N1CCc2c(Cl)ncnc21. The first-order chi connectivity index (χ1) is 7.88. The fourth-order valence-corrected chi connectivity index (χ4v) is 1.88. The molecule has 0 saturated heterocycles.